The van der Waals surface area contributed by atoms with Crippen LogP contribution in [0.1, 0.15) is 60.9 Å². The van der Waals surface area contributed by atoms with Crippen LogP contribution in [-0.4, -0.2) is 5.78 Å². The third-order valence-electron chi connectivity index (χ3n) is 3.94. The first-order valence-electron chi connectivity index (χ1n) is 6.96. The van der Waals surface area contributed by atoms with Crippen LogP contribution >= 0.6 is 0 Å². The number of hydrogen-bond acceptors (Lipinski definition) is 1. The van der Waals surface area contributed by atoms with Gasteiger partial charge >= 0.3 is 0 Å². The van der Waals surface area contributed by atoms with Crippen molar-refractivity contribution in [1.82, 2.24) is 0 Å². The average Bonchev–Trinajstić information content (AvgIpc) is 2.61. The third kappa shape index (κ3) is 3.41. The van der Waals surface area contributed by atoms with E-state index in [0.717, 1.165) is 12.8 Å². The lowest BCUT2D eigenvalue weighted by Crippen LogP contribution is -2.08. The number of ketones is 1. The topological polar surface area (TPSA) is 17.1 Å². The Morgan fingerprint density at radius 1 is 1.22 bits per heavy atom. The molecule has 98 valence electrons. The van der Waals surface area contributed by atoms with Crippen molar-refractivity contribution in [2.75, 3.05) is 0 Å². The summed E-state index contributed by atoms with van der Waals surface area (Å²) in [5, 5.41) is 0. The average molecular weight is 248 g/mol. The molecular formula is C16H21FO. The van der Waals surface area contributed by atoms with Crippen molar-refractivity contribution in [3.63, 3.8) is 0 Å². The third-order valence-corrected chi connectivity index (χ3v) is 3.94. The minimum Gasteiger partial charge on any atom is -0.294 e. The van der Waals surface area contributed by atoms with Crippen LogP contribution in [0.2, 0.25) is 0 Å². The number of benzene rings is 1. The van der Waals surface area contributed by atoms with Gasteiger partial charge in [-0.3, -0.25) is 4.79 Å². The van der Waals surface area contributed by atoms with Crippen LogP contribution in [-0.2, 0) is 0 Å². The fourth-order valence-electron chi connectivity index (χ4n) is 2.71. The molecule has 1 saturated carbocycles. The van der Waals surface area contributed by atoms with Gasteiger partial charge in [-0.05, 0) is 24.5 Å². The molecule has 0 N–H and O–H groups in total. The van der Waals surface area contributed by atoms with E-state index >= 15 is 0 Å². The molecule has 2 rings (SSSR count). The number of hydrogen-bond donors (Lipinski definition) is 0. The highest BCUT2D eigenvalue weighted by Gasteiger charge is 2.17. The first-order chi connectivity index (χ1) is 8.66. The molecular weight excluding hydrogens is 227 g/mol. The van der Waals surface area contributed by atoms with Crippen LogP contribution < -0.4 is 0 Å². The molecule has 0 spiro atoms. The second-order valence-corrected chi connectivity index (χ2v) is 5.45. The summed E-state index contributed by atoms with van der Waals surface area (Å²) in [6, 6.07) is 4.82. The Hall–Kier alpha value is -1.18. The van der Waals surface area contributed by atoms with E-state index in [0.29, 0.717) is 23.5 Å². The van der Waals surface area contributed by atoms with E-state index in [9.17, 15) is 9.18 Å². The molecule has 1 aliphatic carbocycles. The van der Waals surface area contributed by atoms with Crippen molar-refractivity contribution >= 4 is 5.78 Å². The Labute approximate surface area is 108 Å². The molecule has 0 unspecified atom stereocenters. The molecule has 0 radical (unpaired) electrons. The lowest BCUT2D eigenvalue weighted by atomic mass is 9.92. The van der Waals surface area contributed by atoms with E-state index in [2.05, 4.69) is 0 Å². The van der Waals surface area contributed by atoms with Crippen LogP contribution in [0.3, 0.4) is 0 Å². The Morgan fingerprint density at radius 2 is 1.89 bits per heavy atom. The van der Waals surface area contributed by atoms with Crippen LogP contribution in [0.4, 0.5) is 4.39 Å². The van der Waals surface area contributed by atoms with Crippen molar-refractivity contribution in [3.05, 3.63) is 35.1 Å². The zero-order chi connectivity index (χ0) is 13.0. The largest absolute Gasteiger partial charge is 0.294 e. The number of aryl methyl sites for hydroxylation is 1. The molecule has 1 aromatic rings. The fourth-order valence-corrected chi connectivity index (χ4v) is 2.71. The number of rotatable bonds is 3. The van der Waals surface area contributed by atoms with Gasteiger partial charge in [0.05, 0.1) is 0 Å². The van der Waals surface area contributed by atoms with Crippen molar-refractivity contribution in [2.24, 2.45) is 5.92 Å². The Bertz CT molecular complexity index is 417. The smallest absolute Gasteiger partial charge is 0.163 e. The number of carbonyl (C=O) groups excluding carboxylic acids is 1. The molecule has 18 heavy (non-hydrogen) atoms. The molecule has 1 fully saturated rings. The van der Waals surface area contributed by atoms with Crippen LogP contribution in [0, 0.1) is 18.7 Å². The van der Waals surface area contributed by atoms with E-state index in [4.69, 9.17) is 0 Å². The SMILES string of the molecule is Cc1ccc(C(=O)CC2CCCCCC2)cc1F. The van der Waals surface area contributed by atoms with E-state index < -0.39 is 0 Å². The predicted octanol–water partition coefficient (Wildman–Crippen LogP) is 4.68. The minimum atomic E-state index is -0.276. The van der Waals surface area contributed by atoms with Gasteiger partial charge in [-0.15, -0.1) is 0 Å². The maximum Gasteiger partial charge on any atom is 0.163 e. The van der Waals surface area contributed by atoms with Gasteiger partial charge in [-0.2, -0.15) is 0 Å². The van der Waals surface area contributed by atoms with Gasteiger partial charge in [0, 0.05) is 12.0 Å². The number of halogens is 1. The molecule has 0 aliphatic heterocycles. The number of Topliss-reactive ketones (excluding diaryl/α,β-unsaturated/α-hetero) is 1. The van der Waals surface area contributed by atoms with Gasteiger partial charge in [-0.1, -0.05) is 50.7 Å². The van der Waals surface area contributed by atoms with Crippen molar-refractivity contribution in [1.29, 1.82) is 0 Å². The van der Waals surface area contributed by atoms with E-state index in [-0.39, 0.29) is 11.6 Å². The van der Waals surface area contributed by atoms with Crippen LogP contribution in [0.15, 0.2) is 18.2 Å². The maximum absolute atomic E-state index is 13.4. The monoisotopic (exact) mass is 248 g/mol. The zero-order valence-corrected chi connectivity index (χ0v) is 11.0. The summed E-state index contributed by atoms with van der Waals surface area (Å²) >= 11 is 0. The molecule has 1 nitrogen and oxygen atoms in total. The highest BCUT2D eigenvalue weighted by molar-refractivity contribution is 5.96. The lowest BCUT2D eigenvalue weighted by molar-refractivity contribution is 0.0956. The summed E-state index contributed by atoms with van der Waals surface area (Å²) in [6.45, 7) is 1.72. The highest BCUT2D eigenvalue weighted by atomic mass is 19.1. The molecule has 1 aromatic carbocycles. The van der Waals surface area contributed by atoms with Crippen molar-refractivity contribution in [2.45, 2.75) is 51.9 Å². The summed E-state index contributed by atoms with van der Waals surface area (Å²) in [5.41, 5.74) is 1.13. The molecule has 0 atom stereocenters. The summed E-state index contributed by atoms with van der Waals surface area (Å²) in [4.78, 5) is 12.1. The first-order valence-corrected chi connectivity index (χ1v) is 6.96. The standard InChI is InChI=1S/C16H21FO/c1-12-8-9-14(11-15(12)17)16(18)10-13-6-4-2-3-5-7-13/h8-9,11,13H,2-7,10H2,1H3. The van der Waals surface area contributed by atoms with Gasteiger partial charge < -0.3 is 0 Å². The minimum absolute atomic E-state index is 0.0980. The molecule has 1 aliphatic rings. The maximum atomic E-state index is 13.4. The van der Waals surface area contributed by atoms with E-state index in [1.165, 1.54) is 31.7 Å². The fraction of sp³-hybridized carbons (Fsp3) is 0.562. The van der Waals surface area contributed by atoms with E-state index in [1.54, 1.807) is 19.1 Å². The van der Waals surface area contributed by atoms with Crippen LogP contribution in [0.25, 0.3) is 0 Å². The molecule has 0 aromatic heterocycles. The van der Waals surface area contributed by atoms with Gasteiger partial charge in [-0.25, -0.2) is 4.39 Å². The van der Waals surface area contributed by atoms with Gasteiger partial charge in [0.25, 0.3) is 0 Å². The second kappa shape index (κ2) is 6.12. The lowest BCUT2D eigenvalue weighted by Gasteiger charge is -2.12. The summed E-state index contributed by atoms with van der Waals surface area (Å²) in [5.74, 6) is 0.326. The van der Waals surface area contributed by atoms with E-state index in [1.807, 2.05) is 0 Å². The van der Waals surface area contributed by atoms with Crippen molar-refractivity contribution < 1.29 is 9.18 Å². The second-order valence-electron chi connectivity index (χ2n) is 5.45. The van der Waals surface area contributed by atoms with Gasteiger partial charge in [0.1, 0.15) is 5.82 Å². The highest BCUT2D eigenvalue weighted by Crippen LogP contribution is 2.26. The molecule has 0 heterocycles. The molecule has 0 bridgehead atoms. The molecule has 0 amide bonds. The van der Waals surface area contributed by atoms with Crippen LogP contribution in [0.5, 0.6) is 0 Å². The predicted molar refractivity (Wildman–Crippen MR) is 71.3 cm³/mol. The first kappa shape index (κ1) is 13.3. The quantitative estimate of drug-likeness (QED) is 0.561. The summed E-state index contributed by atoms with van der Waals surface area (Å²) in [6.07, 6.45) is 7.96. The Balaban J connectivity index is 1.99. The normalized spacial score (nSPS) is 17.4. The molecule has 2 heteroatoms. The Morgan fingerprint density at radius 3 is 2.50 bits per heavy atom. The van der Waals surface area contributed by atoms with Crippen molar-refractivity contribution in [3.8, 4) is 0 Å². The Kier molecular flexibility index (Phi) is 4.51. The number of carbonyl (C=O) groups is 1. The zero-order valence-electron chi connectivity index (χ0n) is 11.0. The molecule has 0 saturated heterocycles. The summed E-state index contributed by atoms with van der Waals surface area (Å²) < 4.78 is 13.4. The summed E-state index contributed by atoms with van der Waals surface area (Å²) in [7, 11) is 0. The van der Waals surface area contributed by atoms with Gasteiger partial charge in [0.2, 0.25) is 0 Å². The van der Waals surface area contributed by atoms with Gasteiger partial charge in [0.15, 0.2) is 5.78 Å².